The van der Waals surface area contributed by atoms with Crippen molar-refractivity contribution in [1.82, 2.24) is 9.62 Å². The summed E-state index contributed by atoms with van der Waals surface area (Å²) in [5, 5.41) is 5.19. The summed E-state index contributed by atoms with van der Waals surface area (Å²) in [6.45, 7) is 1.10. The number of hydrogen-bond donors (Lipinski definition) is 2. The Morgan fingerprint density at radius 3 is 2.67 bits per heavy atom. The SMILES string of the molecule is O=C(COc1cccc(NC(=O)c2ccco2)c1)NCCS(=O)(=O)N1CCOCC1. The normalized spacial score (nSPS) is 14.8. The van der Waals surface area contributed by atoms with Crippen molar-refractivity contribution in [2.24, 2.45) is 0 Å². The first kappa shape index (κ1) is 21.8. The fraction of sp³-hybridized carbons (Fsp3) is 0.368. The van der Waals surface area contributed by atoms with E-state index in [-0.39, 0.29) is 24.7 Å². The van der Waals surface area contributed by atoms with E-state index in [9.17, 15) is 18.0 Å². The number of morpholine rings is 1. The van der Waals surface area contributed by atoms with Gasteiger partial charge in [0.15, 0.2) is 12.4 Å². The molecule has 1 aromatic heterocycles. The molecule has 0 aliphatic carbocycles. The Morgan fingerprint density at radius 1 is 1.13 bits per heavy atom. The predicted molar refractivity (Wildman–Crippen MR) is 108 cm³/mol. The van der Waals surface area contributed by atoms with E-state index in [1.165, 1.54) is 10.6 Å². The maximum Gasteiger partial charge on any atom is 0.291 e. The molecule has 0 bridgehead atoms. The molecule has 1 aliphatic heterocycles. The highest BCUT2D eigenvalue weighted by molar-refractivity contribution is 7.89. The molecule has 0 atom stereocenters. The van der Waals surface area contributed by atoms with Crippen molar-refractivity contribution in [2.45, 2.75) is 0 Å². The lowest BCUT2D eigenvalue weighted by atomic mass is 10.3. The lowest BCUT2D eigenvalue weighted by Gasteiger charge is -2.26. The second-order valence-electron chi connectivity index (χ2n) is 6.43. The van der Waals surface area contributed by atoms with Crippen LogP contribution >= 0.6 is 0 Å². The standard InChI is InChI=1S/C19H23N3O7S/c23-18(20-6-12-30(25,26)22-7-10-27-11-8-22)14-29-16-4-1-3-15(13-16)21-19(24)17-5-2-9-28-17/h1-5,9,13H,6-8,10-12,14H2,(H,20,23)(H,21,24). The fourth-order valence-electron chi connectivity index (χ4n) is 2.74. The monoisotopic (exact) mass is 437 g/mol. The third-order valence-electron chi connectivity index (χ3n) is 4.25. The summed E-state index contributed by atoms with van der Waals surface area (Å²) in [6, 6.07) is 9.69. The first-order valence-electron chi connectivity index (χ1n) is 9.34. The molecular weight excluding hydrogens is 414 g/mol. The Morgan fingerprint density at radius 2 is 1.93 bits per heavy atom. The van der Waals surface area contributed by atoms with E-state index in [2.05, 4.69) is 10.6 Å². The lowest BCUT2D eigenvalue weighted by Crippen LogP contribution is -2.44. The second kappa shape index (κ2) is 10.2. The topological polar surface area (TPSA) is 127 Å². The zero-order valence-electron chi connectivity index (χ0n) is 16.2. The molecule has 0 unspecified atom stereocenters. The number of benzene rings is 1. The maximum absolute atomic E-state index is 12.2. The molecule has 1 aromatic carbocycles. The first-order valence-corrected chi connectivity index (χ1v) is 10.9. The second-order valence-corrected chi connectivity index (χ2v) is 8.51. The van der Waals surface area contributed by atoms with Crippen LogP contribution in [0.2, 0.25) is 0 Å². The van der Waals surface area contributed by atoms with Crippen LogP contribution in [0.4, 0.5) is 5.69 Å². The van der Waals surface area contributed by atoms with Crippen LogP contribution in [0.5, 0.6) is 5.75 Å². The van der Waals surface area contributed by atoms with Gasteiger partial charge in [0.2, 0.25) is 10.0 Å². The summed E-state index contributed by atoms with van der Waals surface area (Å²) < 4.78 is 41.4. The Hall–Kier alpha value is -2.89. The highest BCUT2D eigenvalue weighted by Crippen LogP contribution is 2.18. The van der Waals surface area contributed by atoms with Gasteiger partial charge in [0, 0.05) is 31.4 Å². The lowest BCUT2D eigenvalue weighted by molar-refractivity contribution is -0.122. The smallest absolute Gasteiger partial charge is 0.291 e. The molecule has 0 saturated carbocycles. The van der Waals surface area contributed by atoms with E-state index < -0.39 is 21.8 Å². The zero-order valence-corrected chi connectivity index (χ0v) is 17.0. The number of hydrogen-bond acceptors (Lipinski definition) is 7. The summed E-state index contributed by atoms with van der Waals surface area (Å²) in [5.74, 6) is -0.489. The number of anilines is 1. The average Bonchev–Trinajstić information content (AvgIpc) is 3.28. The van der Waals surface area contributed by atoms with Gasteiger partial charge in [-0.3, -0.25) is 9.59 Å². The number of amides is 2. The quantitative estimate of drug-likeness (QED) is 0.591. The van der Waals surface area contributed by atoms with Gasteiger partial charge in [0.05, 0.1) is 25.2 Å². The van der Waals surface area contributed by atoms with Crippen molar-refractivity contribution in [3.05, 3.63) is 48.4 Å². The van der Waals surface area contributed by atoms with Gasteiger partial charge >= 0.3 is 0 Å². The molecule has 2 amide bonds. The van der Waals surface area contributed by atoms with Crippen molar-refractivity contribution < 1.29 is 31.9 Å². The van der Waals surface area contributed by atoms with Crippen LogP contribution < -0.4 is 15.4 Å². The van der Waals surface area contributed by atoms with Crippen LogP contribution in [-0.2, 0) is 19.6 Å². The van der Waals surface area contributed by atoms with Gasteiger partial charge in [-0.05, 0) is 24.3 Å². The molecule has 11 heteroatoms. The predicted octanol–water partition coefficient (Wildman–Crippen LogP) is 0.689. The number of carbonyl (C=O) groups excluding carboxylic acids is 2. The number of nitrogens with one attached hydrogen (secondary N) is 2. The van der Waals surface area contributed by atoms with Gasteiger partial charge in [0.25, 0.3) is 11.8 Å². The number of furan rings is 1. The summed E-state index contributed by atoms with van der Waals surface area (Å²) >= 11 is 0. The maximum atomic E-state index is 12.2. The number of ether oxygens (including phenoxy) is 2. The Balaban J connectivity index is 1.41. The van der Waals surface area contributed by atoms with E-state index in [0.717, 1.165) is 0 Å². The summed E-state index contributed by atoms with van der Waals surface area (Å²) in [7, 11) is -3.43. The van der Waals surface area contributed by atoms with Crippen LogP contribution in [0, 0.1) is 0 Å². The van der Waals surface area contributed by atoms with Crippen molar-refractivity contribution >= 4 is 27.5 Å². The van der Waals surface area contributed by atoms with Gasteiger partial charge in [-0.1, -0.05) is 6.07 Å². The third-order valence-corrected chi connectivity index (χ3v) is 6.12. The Labute approximate surface area is 174 Å². The van der Waals surface area contributed by atoms with E-state index in [4.69, 9.17) is 13.9 Å². The minimum atomic E-state index is -3.43. The van der Waals surface area contributed by atoms with Gasteiger partial charge in [-0.15, -0.1) is 0 Å². The Kier molecular flexibility index (Phi) is 7.44. The highest BCUT2D eigenvalue weighted by atomic mass is 32.2. The molecule has 3 rings (SSSR count). The molecule has 2 N–H and O–H groups in total. The van der Waals surface area contributed by atoms with E-state index >= 15 is 0 Å². The number of sulfonamides is 1. The summed E-state index contributed by atoms with van der Waals surface area (Å²) in [5.41, 5.74) is 0.478. The van der Waals surface area contributed by atoms with Crippen LogP contribution in [0.25, 0.3) is 0 Å². The minimum Gasteiger partial charge on any atom is -0.484 e. The zero-order chi connectivity index (χ0) is 21.4. The number of carbonyl (C=O) groups is 2. The van der Waals surface area contributed by atoms with Crippen molar-refractivity contribution in [2.75, 3.05) is 50.5 Å². The molecule has 30 heavy (non-hydrogen) atoms. The Bertz CT molecular complexity index is 954. The van der Waals surface area contributed by atoms with Crippen LogP contribution in [0.15, 0.2) is 47.1 Å². The fourth-order valence-corrected chi connectivity index (χ4v) is 4.06. The van der Waals surface area contributed by atoms with Gasteiger partial charge < -0.3 is 24.5 Å². The van der Waals surface area contributed by atoms with Crippen LogP contribution in [0.1, 0.15) is 10.6 Å². The van der Waals surface area contributed by atoms with E-state index in [1.807, 2.05) is 0 Å². The molecule has 1 aliphatic rings. The van der Waals surface area contributed by atoms with Crippen LogP contribution in [0.3, 0.4) is 0 Å². The van der Waals surface area contributed by atoms with Crippen molar-refractivity contribution in [3.63, 3.8) is 0 Å². The number of rotatable bonds is 9. The van der Waals surface area contributed by atoms with Crippen molar-refractivity contribution in [3.8, 4) is 5.75 Å². The van der Waals surface area contributed by atoms with Crippen molar-refractivity contribution in [1.29, 1.82) is 0 Å². The van der Waals surface area contributed by atoms with Gasteiger partial charge in [0.1, 0.15) is 5.75 Å². The molecule has 162 valence electrons. The summed E-state index contributed by atoms with van der Waals surface area (Å²) in [4.78, 5) is 23.9. The molecule has 0 spiro atoms. The van der Waals surface area contributed by atoms with E-state index in [0.29, 0.717) is 37.7 Å². The number of nitrogens with zero attached hydrogens (tertiary/aromatic N) is 1. The van der Waals surface area contributed by atoms with E-state index in [1.54, 1.807) is 36.4 Å². The molecular formula is C19H23N3O7S. The first-order chi connectivity index (χ1) is 14.4. The molecule has 2 aromatic rings. The summed E-state index contributed by atoms with van der Waals surface area (Å²) in [6.07, 6.45) is 1.40. The molecule has 1 fully saturated rings. The molecule has 1 saturated heterocycles. The minimum absolute atomic E-state index is 0.0128. The third kappa shape index (κ3) is 6.31. The highest BCUT2D eigenvalue weighted by Gasteiger charge is 2.23. The van der Waals surface area contributed by atoms with Gasteiger partial charge in [-0.2, -0.15) is 4.31 Å². The average molecular weight is 437 g/mol. The largest absolute Gasteiger partial charge is 0.484 e. The molecule has 10 nitrogen and oxygen atoms in total. The molecule has 2 heterocycles. The van der Waals surface area contributed by atoms with Gasteiger partial charge in [-0.25, -0.2) is 8.42 Å². The van der Waals surface area contributed by atoms with Crippen LogP contribution in [-0.4, -0.2) is 69.7 Å². The molecule has 0 radical (unpaired) electrons.